The quantitative estimate of drug-likeness (QED) is 0.113. The normalized spacial score (nSPS) is 18.2. The van der Waals surface area contributed by atoms with E-state index in [0.717, 1.165) is 0 Å². The molecule has 0 saturated carbocycles. The van der Waals surface area contributed by atoms with Gasteiger partial charge in [-0.15, -0.1) is 22.0 Å². The number of carboxylic acid groups (broad SMARTS) is 1. The molecule has 17 heteroatoms. The van der Waals surface area contributed by atoms with Crippen molar-refractivity contribution in [1.29, 1.82) is 0 Å². The number of carbonyl (C=O) groups excluding carboxylic acids is 3. The summed E-state index contributed by atoms with van der Waals surface area (Å²) in [5, 5.41) is 33.4. The number of β-lactam (4-membered cyclic amide) rings is 1. The zero-order chi connectivity index (χ0) is 30.5. The molecule has 1 saturated heterocycles. The SMILES string of the molecule is O=C(COc1ccccc1[N+](=O)[O-])N[C@H](C(=O)NC1C(=O)N2C(C(=O)O)=C(CSc3nncs3)CS[C@@H]12)c1ccccc1. The number of aromatic nitrogens is 2. The molecule has 2 aliphatic rings. The van der Waals surface area contributed by atoms with Crippen molar-refractivity contribution in [1.82, 2.24) is 25.7 Å². The molecule has 0 aliphatic carbocycles. The van der Waals surface area contributed by atoms with Gasteiger partial charge in [-0.2, -0.15) is 0 Å². The minimum atomic E-state index is -1.25. The summed E-state index contributed by atoms with van der Waals surface area (Å²) < 4.78 is 6.02. The van der Waals surface area contributed by atoms with Crippen LogP contribution in [0.4, 0.5) is 5.69 Å². The molecule has 3 N–H and O–H groups in total. The summed E-state index contributed by atoms with van der Waals surface area (Å²) >= 11 is 3.97. The minimum absolute atomic E-state index is 0.110. The van der Waals surface area contributed by atoms with Gasteiger partial charge in [0.05, 0.1) is 4.92 Å². The van der Waals surface area contributed by atoms with E-state index in [1.54, 1.807) is 35.8 Å². The van der Waals surface area contributed by atoms with Gasteiger partial charge in [0.2, 0.25) is 5.91 Å². The maximum atomic E-state index is 13.5. The molecule has 0 bridgehead atoms. The molecule has 14 nitrogen and oxygen atoms in total. The summed E-state index contributed by atoms with van der Waals surface area (Å²) in [5.74, 6) is -2.72. The van der Waals surface area contributed by atoms with Crippen molar-refractivity contribution in [3.63, 3.8) is 0 Å². The number of nitro groups is 1. The highest BCUT2D eigenvalue weighted by atomic mass is 32.2. The summed E-state index contributed by atoms with van der Waals surface area (Å²) in [6.45, 7) is -0.610. The predicted octanol–water partition coefficient (Wildman–Crippen LogP) is 2.21. The van der Waals surface area contributed by atoms with E-state index in [1.165, 1.54) is 64.0 Å². The Morgan fingerprint density at radius 2 is 1.93 bits per heavy atom. The number of rotatable bonds is 12. The smallest absolute Gasteiger partial charge is 0.352 e. The number of hydrogen-bond acceptors (Lipinski definition) is 12. The first-order valence-corrected chi connectivity index (χ1v) is 15.5. The van der Waals surface area contributed by atoms with E-state index in [9.17, 15) is 34.4 Å². The monoisotopic (exact) mass is 642 g/mol. The van der Waals surface area contributed by atoms with E-state index < -0.39 is 52.7 Å². The maximum Gasteiger partial charge on any atom is 0.352 e. The predicted molar refractivity (Wildman–Crippen MR) is 156 cm³/mol. The molecule has 222 valence electrons. The van der Waals surface area contributed by atoms with Gasteiger partial charge in [-0.25, -0.2) is 4.79 Å². The second-order valence-electron chi connectivity index (χ2n) is 9.07. The standard InChI is InChI=1S/C26H22N6O8S3/c33-18(10-40-17-9-5-4-8-16(17)32(38)39)28-19(14-6-2-1-3-7-14)22(34)29-20-23(35)31-21(25(36)37)15(11-41-24(20)31)12-42-26-30-27-13-43-26/h1-9,13,19-20,24H,10-12H2,(H,28,33)(H,29,34)(H,36,37)/t19-,20?,24-/m0/s1. The molecule has 2 aromatic carbocycles. The summed E-state index contributed by atoms with van der Waals surface area (Å²) in [4.78, 5) is 63.3. The summed E-state index contributed by atoms with van der Waals surface area (Å²) in [5.41, 5.74) is 2.11. The van der Waals surface area contributed by atoms with E-state index >= 15 is 0 Å². The fraction of sp³-hybridized carbons (Fsp3) is 0.231. The maximum absolute atomic E-state index is 13.5. The van der Waals surface area contributed by atoms with Crippen LogP contribution in [-0.2, 0) is 19.2 Å². The van der Waals surface area contributed by atoms with Gasteiger partial charge in [0, 0.05) is 17.6 Å². The average molecular weight is 643 g/mol. The van der Waals surface area contributed by atoms with Crippen LogP contribution in [-0.4, -0.2) is 78.3 Å². The van der Waals surface area contributed by atoms with Crippen molar-refractivity contribution in [2.24, 2.45) is 0 Å². The Bertz CT molecular complexity index is 1590. The number of aliphatic carboxylic acids is 1. The second-order valence-corrected chi connectivity index (χ2v) is 12.2. The van der Waals surface area contributed by atoms with E-state index in [0.29, 0.717) is 27.0 Å². The number of fused-ring (bicyclic) bond motifs is 1. The number of nitrogens with one attached hydrogen (secondary N) is 2. The van der Waals surface area contributed by atoms with E-state index in [-0.39, 0.29) is 17.1 Å². The van der Waals surface area contributed by atoms with Crippen LogP contribution < -0.4 is 15.4 Å². The Kier molecular flexibility index (Phi) is 9.22. The molecule has 1 aromatic heterocycles. The number of hydrogen-bond donors (Lipinski definition) is 3. The van der Waals surface area contributed by atoms with Crippen molar-refractivity contribution in [2.75, 3.05) is 18.1 Å². The van der Waals surface area contributed by atoms with Crippen LogP contribution in [0.3, 0.4) is 0 Å². The Balaban J connectivity index is 1.27. The van der Waals surface area contributed by atoms with Crippen LogP contribution >= 0.6 is 34.9 Å². The Hall–Kier alpha value is -4.48. The van der Waals surface area contributed by atoms with Gasteiger partial charge >= 0.3 is 11.7 Å². The van der Waals surface area contributed by atoms with E-state index in [2.05, 4.69) is 20.8 Å². The molecule has 0 radical (unpaired) electrons. The Labute approximate surface area is 256 Å². The van der Waals surface area contributed by atoms with Crippen LogP contribution in [0.5, 0.6) is 5.75 Å². The van der Waals surface area contributed by atoms with Gasteiger partial charge in [0.1, 0.15) is 28.7 Å². The van der Waals surface area contributed by atoms with Gasteiger partial charge < -0.3 is 20.5 Å². The Morgan fingerprint density at radius 3 is 2.63 bits per heavy atom. The number of amides is 3. The fourth-order valence-corrected chi connectivity index (χ4v) is 7.40. The third kappa shape index (κ3) is 6.63. The summed E-state index contributed by atoms with van der Waals surface area (Å²) in [6, 6.07) is 11.6. The van der Waals surface area contributed by atoms with Crippen molar-refractivity contribution < 1.29 is 33.9 Å². The molecular weight excluding hydrogens is 621 g/mol. The first-order valence-electron chi connectivity index (χ1n) is 12.5. The average Bonchev–Trinajstić information content (AvgIpc) is 3.54. The Morgan fingerprint density at radius 1 is 1.19 bits per heavy atom. The molecule has 3 aromatic rings. The highest BCUT2D eigenvalue weighted by molar-refractivity contribution is 8.01. The van der Waals surface area contributed by atoms with Gasteiger partial charge in [0.25, 0.3) is 11.8 Å². The number of nitrogens with zero attached hydrogens (tertiary/aromatic N) is 4. The number of ether oxygens (including phenoxy) is 1. The van der Waals surface area contributed by atoms with E-state index in [4.69, 9.17) is 4.74 Å². The number of benzene rings is 2. The lowest BCUT2D eigenvalue weighted by molar-refractivity contribution is -0.385. The lowest BCUT2D eigenvalue weighted by Crippen LogP contribution is -2.71. The molecule has 2 aliphatic heterocycles. The lowest BCUT2D eigenvalue weighted by Gasteiger charge is -2.49. The molecule has 0 spiro atoms. The topological polar surface area (TPSA) is 194 Å². The van der Waals surface area contributed by atoms with Crippen molar-refractivity contribution in [2.45, 2.75) is 21.8 Å². The molecule has 3 amide bonds. The molecule has 3 heterocycles. The van der Waals surface area contributed by atoms with Crippen LogP contribution in [0.1, 0.15) is 11.6 Å². The van der Waals surface area contributed by atoms with Crippen LogP contribution in [0.2, 0.25) is 0 Å². The first kappa shape index (κ1) is 30.0. The molecule has 3 atom stereocenters. The zero-order valence-corrected chi connectivity index (χ0v) is 24.4. The molecule has 1 unspecified atom stereocenters. The number of thioether (sulfide) groups is 2. The lowest BCUT2D eigenvalue weighted by atomic mass is 10.0. The number of carboxylic acids is 1. The molecule has 1 fully saturated rings. The summed E-state index contributed by atoms with van der Waals surface area (Å²) in [7, 11) is 0. The van der Waals surface area contributed by atoms with Gasteiger partial charge in [-0.05, 0) is 17.2 Å². The van der Waals surface area contributed by atoms with Gasteiger partial charge in [-0.3, -0.25) is 29.4 Å². The number of nitro benzene ring substituents is 1. The van der Waals surface area contributed by atoms with Crippen LogP contribution in [0.25, 0.3) is 0 Å². The van der Waals surface area contributed by atoms with Crippen molar-refractivity contribution in [3.05, 3.63) is 87.1 Å². The number of carbonyl (C=O) groups is 4. The molecular formula is C26H22N6O8S3. The summed E-state index contributed by atoms with van der Waals surface area (Å²) in [6.07, 6.45) is 0. The highest BCUT2D eigenvalue weighted by Crippen LogP contribution is 2.42. The third-order valence-electron chi connectivity index (χ3n) is 6.38. The van der Waals surface area contributed by atoms with Crippen molar-refractivity contribution in [3.8, 4) is 5.75 Å². The van der Waals surface area contributed by atoms with E-state index in [1.807, 2.05) is 0 Å². The largest absolute Gasteiger partial charge is 0.477 e. The third-order valence-corrected chi connectivity index (χ3v) is 9.66. The van der Waals surface area contributed by atoms with Gasteiger partial charge in [-0.1, -0.05) is 65.6 Å². The van der Waals surface area contributed by atoms with Gasteiger partial charge in [0.15, 0.2) is 16.7 Å². The first-order chi connectivity index (χ1) is 20.7. The van der Waals surface area contributed by atoms with Crippen molar-refractivity contribution >= 4 is 64.2 Å². The minimum Gasteiger partial charge on any atom is -0.477 e. The fourth-order valence-electron chi connectivity index (χ4n) is 4.43. The second kappa shape index (κ2) is 13.2. The zero-order valence-electron chi connectivity index (χ0n) is 21.9. The molecule has 5 rings (SSSR count). The van der Waals surface area contributed by atoms with Crippen LogP contribution in [0, 0.1) is 10.1 Å². The number of para-hydroxylation sites is 2. The highest BCUT2D eigenvalue weighted by Gasteiger charge is 2.54. The molecule has 43 heavy (non-hydrogen) atoms. The van der Waals surface area contributed by atoms with Crippen LogP contribution in [0.15, 0.2) is 75.7 Å².